The molecular weight excluding hydrogens is 289 g/mol. The molecule has 2 unspecified atom stereocenters. The third kappa shape index (κ3) is 3.83. The lowest BCUT2D eigenvalue weighted by Gasteiger charge is -2.31. The number of hydrogen-bond acceptors (Lipinski definition) is 3. The van der Waals surface area contributed by atoms with E-state index in [2.05, 4.69) is 12.2 Å². The van der Waals surface area contributed by atoms with Gasteiger partial charge in [0.1, 0.15) is 5.82 Å². The van der Waals surface area contributed by atoms with Crippen molar-refractivity contribution in [3.63, 3.8) is 0 Å². The van der Waals surface area contributed by atoms with Crippen LogP contribution < -0.4 is 5.32 Å². The lowest BCUT2D eigenvalue weighted by Crippen LogP contribution is -2.41. The fourth-order valence-electron chi connectivity index (χ4n) is 2.98. The van der Waals surface area contributed by atoms with E-state index in [1.54, 1.807) is 19.1 Å². The summed E-state index contributed by atoms with van der Waals surface area (Å²) in [6.45, 7) is 4.52. The van der Waals surface area contributed by atoms with E-state index in [1.165, 1.54) is 6.07 Å². The van der Waals surface area contributed by atoms with Gasteiger partial charge < -0.3 is 5.32 Å². The number of nitrogens with one attached hydrogen (secondary N) is 1. The first-order valence-electron chi connectivity index (χ1n) is 7.66. The summed E-state index contributed by atoms with van der Waals surface area (Å²) in [7, 11) is -3.08. The highest BCUT2D eigenvalue weighted by molar-refractivity contribution is 7.92. The summed E-state index contributed by atoms with van der Waals surface area (Å²) in [6, 6.07) is 4.67. The summed E-state index contributed by atoms with van der Waals surface area (Å²) in [5.74, 6) is 0.0156. The summed E-state index contributed by atoms with van der Waals surface area (Å²) in [5.41, 5.74) is 1.43. The minimum absolute atomic E-state index is 0.241. The van der Waals surface area contributed by atoms with Gasteiger partial charge in [-0.05, 0) is 49.9 Å². The summed E-state index contributed by atoms with van der Waals surface area (Å²) in [5, 5.41) is 2.96. The van der Waals surface area contributed by atoms with Gasteiger partial charge in [-0.3, -0.25) is 0 Å². The first kappa shape index (κ1) is 16.4. The van der Waals surface area contributed by atoms with Gasteiger partial charge in [-0.25, -0.2) is 12.8 Å². The van der Waals surface area contributed by atoms with Gasteiger partial charge in [0.15, 0.2) is 9.84 Å². The second-order valence-electron chi connectivity index (χ2n) is 5.84. The number of hydrogen-bond donors (Lipinski definition) is 1. The summed E-state index contributed by atoms with van der Waals surface area (Å²) >= 11 is 0. The van der Waals surface area contributed by atoms with Crippen LogP contribution in [0.1, 0.15) is 49.8 Å². The highest BCUT2D eigenvalue weighted by atomic mass is 32.2. The molecule has 21 heavy (non-hydrogen) atoms. The van der Waals surface area contributed by atoms with Gasteiger partial charge in [0.2, 0.25) is 0 Å². The third-order valence-corrected chi connectivity index (χ3v) is 6.44. The highest BCUT2D eigenvalue weighted by Crippen LogP contribution is 2.31. The quantitative estimate of drug-likeness (QED) is 0.908. The molecule has 1 heterocycles. The van der Waals surface area contributed by atoms with Gasteiger partial charge in [-0.1, -0.05) is 25.5 Å². The van der Waals surface area contributed by atoms with Crippen LogP contribution in [0.3, 0.4) is 0 Å². The molecule has 1 aliphatic rings. The van der Waals surface area contributed by atoms with Crippen LogP contribution in [0.4, 0.5) is 4.39 Å². The zero-order valence-corrected chi connectivity index (χ0v) is 13.5. The van der Waals surface area contributed by atoms with Gasteiger partial charge in [0, 0.05) is 6.04 Å². The Hall–Kier alpha value is -0.940. The van der Waals surface area contributed by atoms with Gasteiger partial charge >= 0.3 is 0 Å². The normalized spacial score (nSPS) is 22.9. The van der Waals surface area contributed by atoms with Crippen molar-refractivity contribution in [1.29, 1.82) is 0 Å². The van der Waals surface area contributed by atoms with Crippen LogP contribution in [-0.2, 0) is 9.84 Å². The van der Waals surface area contributed by atoms with E-state index in [-0.39, 0.29) is 17.6 Å². The fraction of sp³-hybridized carbons (Fsp3) is 0.625. The second kappa shape index (κ2) is 6.88. The maximum absolute atomic E-state index is 13.5. The van der Waals surface area contributed by atoms with E-state index in [4.69, 9.17) is 0 Å². The largest absolute Gasteiger partial charge is 0.309 e. The maximum Gasteiger partial charge on any atom is 0.155 e. The van der Waals surface area contributed by atoms with E-state index in [0.717, 1.165) is 31.4 Å². The molecular formula is C16H24FNO2S. The van der Waals surface area contributed by atoms with Crippen molar-refractivity contribution in [2.45, 2.75) is 50.8 Å². The first-order valence-corrected chi connectivity index (χ1v) is 9.38. The average Bonchev–Trinajstić information content (AvgIpc) is 2.44. The summed E-state index contributed by atoms with van der Waals surface area (Å²) in [6.07, 6.45) is 3.31. The van der Waals surface area contributed by atoms with Crippen molar-refractivity contribution in [3.8, 4) is 0 Å². The molecule has 0 saturated carbocycles. The van der Waals surface area contributed by atoms with Crippen molar-refractivity contribution in [3.05, 3.63) is 35.1 Å². The van der Waals surface area contributed by atoms with Crippen molar-refractivity contribution in [1.82, 2.24) is 5.32 Å². The highest BCUT2D eigenvalue weighted by Gasteiger charge is 2.36. The van der Waals surface area contributed by atoms with Crippen LogP contribution in [0.25, 0.3) is 0 Å². The molecule has 1 fully saturated rings. The molecule has 1 saturated heterocycles. The number of aryl methyl sites for hydroxylation is 1. The predicted octanol–water partition coefficient (Wildman–Crippen LogP) is 3.14. The Balaban J connectivity index is 2.35. The van der Waals surface area contributed by atoms with Gasteiger partial charge in [-0.2, -0.15) is 0 Å². The maximum atomic E-state index is 13.5. The van der Waals surface area contributed by atoms with E-state index in [0.29, 0.717) is 12.0 Å². The smallest absolute Gasteiger partial charge is 0.155 e. The predicted molar refractivity (Wildman–Crippen MR) is 83.6 cm³/mol. The molecule has 2 atom stereocenters. The Bertz CT molecular complexity index is 586. The number of rotatable bonds is 5. The molecule has 0 bridgehead atoms. The lowest BCUT2D eigenvalue weighted by molar-refractivity contribution is 0.446. The zero-order chi connectivity index (χ0) is 15.5. The average molecular weight is 313 g/mol. The number of sulfone groups is 1. The molecule has 118 valence electrons. The molecule has 2 rings (SSSR count). The van der Waals surface area contributed by atoms with Crippen molar-refractivity contribution in [2.24, 2.45) is 0 Å². The van der Waals surface area contributed by atoms with E-state index in [1.807, 2.05) is 0 Å². The fourth-order valence-corrected chi connectivity index (χ4v) is 5.08. The summed E-state index contributed by atoms with van der Waals surface area (Å²) in [4.78, 5) is 0. The monoisotopic (exact) mass is 313 g/mol. The topological polar surface area (TPSA) is 46.2 Å². The molecule has 0 radical (unpaired) electrons. The minimum Gasteiger partial charge on any atom is -0.309 e. The van der Waals surface area contributed by atoms with Crippen LogP contribution >= 0.6 is 0 Å². The van der Waals surface area contributed by atoms with Crippen molar-refractivity contribution >= 4 is 9.84 Å². The van der Waals surface area contributed by atoms with Crippen molar-refractivity contribution < 1.29 is 12.8 Å². The van der Waals surface area contributed by atoms with E-state index < -0.39 is 15.1 Å². The molecule has 0 aromatic heterocycles. The Morgan fingerprint density at radius 3 is 2.76 bits per heavy atom. The molecule has 1 aliphatic heterocycles. The van der Waals surface area contributed by atoms with Gasteiger partial charge in [0.25, 0.3) is 0 Å². The van der Waals surface area contributed by atoms with Crippen LogP contribution in [0, 0.1) is 12.7 Å². The molecule has 0 spiro atoms. The zero-order valence-electron chi connectivity index (χ0n) is 12.7. The molecule has 1 N–H and O–H groups in total. The number of benzene rings is 1. The Labute approximate surface area is 126 Å². The Morgan fingerprint density at radius 2 is 2.14 bits per heavy atom. The molecule has 3 nitrogen and oxygen atoms in total. The SMILES string of the molecule is CCCNC(c1ccc(F)c(C)c1)C1CCCCS1(=O)=O. The second-order valence-corrected chi connectivity index (χ2v) is 8.18. The number of halogens is 1. The van der Waals surface area contributed by atoms with Crippen LogP contribution in [0.5, 0.6) is 0 Å². The molecule has 5 heteroatoms. The van der Waals surface area contributed by atoms with Crippen LogP contribution in [0.2, 0.25) is 0 Å². The minimum atomic E-state index is -3.08. The Kier molecular flexibility index (Phi) is 5.38. The first-order chi connectivity index (χ1) is 9.95. The molecule has 0 aliphatic carbocycles. The van der Waals surface area contributed by atoms with Crippen molar-refractivity contribution in [2.75, 3.05) is 12.3 Å². The Morgan fingerprint density at radius 1 is 1.38 bits per heavy atom. The van der Waals surface area contributed by atoms with E-state index in [9.17, 15) is 12.8 Å². The molecule has 0 amide bonds. The molecule has 1 aromatic rings. The molecule has 1 aromatic carbocycles. The third-order valence-electron chi connectivity index (χ3n) is 4.16. The van der Waals surface area contributed by atoms with Gasteiger partial charge in [-0.15, -0.1) is 0 Å². The van der Waals surface area contributed by atoms with E-state index >= 15 is 0 Å². The lowest BCUT2D eigenvalue weighted by atomic mass is 9.97. The van der Waals surface area contributed by atoms with Gasteiger partial charge in [0.05, 0.1) is 11.0 Å². The summed E-state index contributed by atoms with van der Waals surface area (Å²) < 4.78 is 38.3. The standard InChI is InChI=1S/C16H24FNO2S/c1-3-9-18-16(13-7-8-14(17)12(2)11-13)15-6-4-5-10-21(15,19)20/h7-8,11,15-16,18H,3-6,9-10H2,1-2H3. The van der Waals surface area contributed by atoms with Crippen LogP contribution in [0.15, 0.2) is 18.2 Å². The van der Waals surface area contributed by atoms with Crippen LogP contribution in [-0.4, -0.2) is 26.0 Å².